The molecule has 1 amide bonds. The molecule has 1 N–H and O–H groups in total. The molecule has 4 rings (SSSR count). The highest BCUT2D eigenvalue weighted by Gasteiger charge is 2.26. The number of para-hydroxylation sites is 2. The van der Waals surface area contributed by atoms with Gasteiger partial charge in [0.2, 0.25) is 0 Å². The van der Waals surface area contributed by atoms with Crippen LogP contribution < -0.4 is 10.4 Å². The Morgan fingerprint density at radius 3 is 2.64 bits per heavy atom. The summed E-state index contributed by atoms with van der Waals surface area (Å²) in [5.74, 6) is -1.97. The van der Waals surface area contributed by atoms with Crippen molar-refractivity contribution >= 4 is 16.9 Å². The Hall–Kier alpha value is -3.16. The molecule has 146 valence electrons. The SMILES string of the molecule is O=C(COc1ccc(F)cc1F)N1CCC(n2c(=O)[nH]c3ccccc32)CC1. The van der Waals surface area contributed by atoms with Crippen molar-refractivity contribution in [2.24, 2.45) is 0 Å². The normalized spacial score (nSPS) is 15.1. The van der Waals surface area contributed by atoms with Crippen molar-refractivity contribution in [2.75, 3.05) is 19.7 Å². The summed E-state index contributed by atoms with van der Waals surface area (Å²) in [6, 6.07) is 10.5. The number of piperidine rings is 1. The van der Waals surface area contributed by atoms with Crippen molar-refractivity contribution in [3.63, 3.8) is 0 Å². The van der Waals surface area contributed by atoms with Crippen LogP contribution in [0.2, 0.25) is 0 Å². The van der Waals surface area contributed by atoms with Crippen LogP contribution >= 0.6 is 0 Å². The number of rotatable bonds is 4. The van der Waals surface area contributed by atoms with Crippen LogP contribution in [0.25, 0.3) is 11.0 Å². The van der Waals surface area contributed by atoms with Gasteiger partial charge in [-0.2, -0.15) is 0 Å². The molecule has 0 aliphatic carbocycles. The molecule has 0 spiro atoms. The van der Waals surface area contributed by atoms with Crippen molar-refractivity contribution < 1.29 is 18.3 Å². The van der Waals surface area contributed by atoms with E-state index in [1.807, 2.05) is 24.3 Å². The van der Waals surface area contributed by atoms with E-state index in [0.29, 0.717) is 32.0 Å². The molecule has 1 aliphatic rings. The van der Waals surface area contributed by atoms with Gasteiger partial charge in [-0.05, 0) is 37.1 Å². The number of hydrogen-bond acceptors (Lipinski definition) is 3. The number of imidazole rings is 1. The quantitative estimate of drug-likeness (QED) is 0.749. The summed E-state index contributed by atoms with van der Waals surface area (Å²) in [6.45, 7) is 0.635. The van der Waals surface area contributed by atoms with Crippen molar-refractivity contribution in [3.05, 3.63) is 64.6 Å². The number of hydrogen-bond donors (Lipinski definition) is 1. The lowest BCUT2D eigenvalue weighted by Crippen LogP contribution is -2.42. The van der Waals surface area contributed by atoms with E-state index in [4.69, 9.17) is 4.74 Å². The monoisotopic (exact) mass is 387 g/mol. The number of ether oxygens (including phenoxy) is 1. The van der Waals surface area contributed by atoms with Gasteiger partial charge in [0.25, 0.3) is 5.91 Å². The molecule has 0 atom stereocenters. The maximum Gasteiger partial charge on any atom is 0.326 e. The number of amides is 1. The molecule has 2 aromatic carbocycles. The van der Waals surface area contributed by atoms with Crippen LogP contribution in [-0.2, 0) is 4.79 Å². The largest absolute Gasteiger partial charge is 0.481 e. The van der Waals surface area contributed by atoms with Gasteiger partial charge in [0.1, 0.15) is 5.82 Å². The Morgan fingerprint density at radius 2 is 1.89 bits per heavy atom. The maximum atomic E-state index is 13.6. The molecule has 2 heterocycles. The standard InChI is InChI=1S/C20H19F2N3O3/c21-13-5-6-18(15(22)11-13)28-12-19(26)24-9-7-14(8-10-24)25-17-4-2-1-3-16(17)23-20(25)27/h1-6,11,14H,7-10,12H2,(H,23,27). The van der Waals surface area contributed by atoms with Crippen LogP contribution in [0.3, 0.4) is 0 Å². The first-order valence-corrected chi connectivity index (χ1v) is 9.08. The van der Waals surface area contributed by atoms with Crippen molar-refractivity contribution in [3.8, 4) is 5.75 Å². The lowest BCUT2D eigenvalue weighted by atomic mass is 10.0. The molecule has 1 aromatic heterocycles. The first kappa shape index (κ1) is 18.2. The summed E-state index contributed by atoms with van der Waals surface area (Å²) < 4.78 is 33.5. The van der Waals surface area contributed by atoms with Crippen LogP contribution in [0.15, 0.2) is 47.3 Å². The number of carbonyl (C=O) groups is 1. The Morgan fingerprint density at radius 1 is 1.14 bits per heavy atom. The van der Waals surface area contributed by atoms with E-state index in [1.165, 1.54) is 0 Å². The summed E-state index contributed by atoms with van der Waals surface area (Å²) in [5.41, 5.74) is 1.49. The van der Waals surface area contributed by atoms with E-state index in [1.54, 1.807) is 9.47 Å². The van der Waals surface area contributed by atoms with Crippen LogP contribution in [0.5, 0.6) is 5.75 Å². The zero-order chi connectivity index (χ0) is 19.7. The average molecular weight is 387 g/mol. The summed E-state index contributed by atoms with van der Waals surface area (Å²) >= 11 is 0. The molecule has 1 aliphatic heterocycles. The number of halogens is 2. The van der Waals surface area contributed by atoms with E-state index in [-0.39, 0.29) is 30.0 Å². The first-order valence-electron chi connectivity index (χ1n) is 9.08. The molecule has 6 nitrogen and oxygen atoms in total. The molecule has 0 saturated carbocycles. The number of aromatic nitrogens is 2. The Balaban J connectivity index is 1.37. The Bertz CT molecular complexity index is 1070. The second-order valence-electron chi connectivity index (χ2n) is 6.79. The minimum Gasteiger partial charge on any atom is -0.481 e. The van der Waals surface area contributed by atoms with Crippen LogP contribution in [0.1, 0.15) is 18.9 Å². The highest BCUT2D eigenvalue weighted by atomic mass is 19.1. The number of H-pyrrole nitrogens is 1. The van der Waals surface area contributed by atoms with E-state index in [2.05, 4.69) is 4.98 Å². The maximum absolute atomic E-state index is 13.6. The van der Waals surface area contributed by atoms with Gasteiger partial charge in [-0.25, -0.2) is 13.6 Å². The fraction of sp³-hybridized carbons (Fsp3) is 0.300. The topological polar surface area (TPSA) is 67.3 Å². The van der Waals surface area contributed by atoms with Crippen LogP contribution in [0, 0.1) is 11.6 Å². The molecular weight excluding hydrogens is 368 g/mol. The predicted octanol–water partition coefficient (Wildman–Crippen LogP) is 2.85. The van der Waals surface area contributed by atoms with E-state index < -0.39 is 11.6 Å². The number of nitrogens with one attached hydrogen (secondary N) is 1. The highest BCUT2D eigenvalue weighted by Crippen LogP contribution is 2.25. The Kier molecular flexibility index (Phi) is 4.85. The van der Waals surface area contributed by atoms with Gasteiger partial charge in [0, 0.05) is 25.2 Å². The summed E-state index contributed by atoms with van der Waals surface area (Å²) in [6.07, 6.45) is 1.27. The van der Waals surface area contributed by atoms with Crippen molar-refractivity contribution in [1.29, 1.82) is 0 Å². The van der Waals surface area contributed by atoms with E-state index in [9.17, 15) is 18.4 Å². The number of fused-ring (bicyclic) bond motifs is 1. The minimum atomic E-state index is -0.842. The molecule has 0 radical (unpaired) electrons. The van der Waals surface area contributed by atoms with E-state index >= 15 is 0 Å². The van der Waals surface area contributed by atoms with Gasteiger partial charge < -0.3 is 14.6 Å². The van der Waals surface area contributed by atoms with Crippen molar-refractivity contribution in [1.82, 2.24) is 14.5 Å². The van der Waals surface area contributed by atoms with Gasteiger partial charge in [-0.3, -0.25) is 9.36 Å². The van der Waals surface area contributed by atoms with Gasteiger partial charge in [0.15, 0.2) is 18.2 Å². The predicted molar refractivity (Wildman–Crippen MR) is 99.3 cm³/mol. The Labute approximate surface area is 159 Å². The molecule has 8 heteroatoms. The molecule has 0 unspecified atom stereocenters. The molecule has 28 heavy (non-hydrogen) atoms. The van der Waals surface area contributed by atoms with E-state index in [0.717, 1.165) is 23.2 Å². The average Bonchev–Trinajstić information content (AvgIpc) is 3.03. The zero-order valence-corrected chi connectivity index (χ0v) is 15.0. The number of likely N-dealkylation sites (tertiary alicyclic amines) is 1. The minimum absolute atomic E-state index is 0.00293. The fourth-order valence-electron chi connectivity index (χ4n) is 3.63. The number of benzene rings is 2. The zero-order valence-electron chi connectivity index (χ0n) is 15.0. The third-order valence-electron chi connectivity index (χ3n) is 5.05. The van der Waals surface area contributed by atoms with Gasteiger partial charge >= 0.3 is 5.69 Å². The second-order valence-corrected chi connectivity index (χ2v) is 6.79. The fourth-order valence-corrected chi connectivity index (χ4v) is 3.63. The molecular formula is C20H19F2N3O3. The lowest BCUT2D eigenvalue weighted by Gasteiger charge is -2.32. The van der Waals surface area contributed by atoms with Gasteiger partial charge in [-0.15, -0.1) is 0 Å². The van der Waals surface area contributed by atoms with Crippen LogP contribution in [0.4, 0.5) is 8.78 Å². The van der Waals surface area contributed by atoms with Gasteiger partial charge in [0.05, 0.1) is 11.0 Å². The third kappa shape index (κ3) is 3.49. The second kappa shape index (κ2) is 7.46. The van der Waals surface area contributed by atoms with Crippen LogP contribution in [-0.4, -0.2) is 40.1 Å². The number of nitrogens with zero attached hydrogens (tertiary/aromatic N) is 2. The van der Waals surface area contributed by atoms with Gasteiger partial charge in [-0.1, -0.05) is 12.1 Å². The summed E-state index contributed by atoms with van der Waals surface area (Å²) in [7, 11) is 0. The first-order chi connectivity index (χ1) is 13.5. The highest BCUT2D eigenvalue weighted by molar-refractivity contribution is 5.78. The molecule has 1 fully saturated rings. The number of carbonyl (C=O) groups excluding carboxylic acids is 1. The number of aromatic amines is 1. The lowest BCUT2D eigenvalue weighted by molar-refractivity contribution is -0.134. The molecule has 0 bridgehead atoms. The molecule has 3 aromatic rings. The van der Waals surface area contributed by atoms with Crippen molar-refractivity contribution in [2.45, 2.75) is 18.9 Å². The summed E-state index contributed by atoms with van der Waals surface area (Å²) in [4.78, 5) is 29.2. The smallest absolute Gasteiger partial charge is 0.326 e. The summed E-state index contributed by atoms with van der Waals surface area (Å²) in [5, 5.41) is 0. The third-order valence-corrected chi connectivity index (χ3v) is 5.05. The molecule has 1 saturated heterocycles.